The van der Waals surface area contributed by atoms with Gasteiger partial charge < -0.3 is 25.4 Å². The molecular weight excluding hydrogens is 517 g/mol. The molecule has 0 saturated carbocycles. The van der Waals surface area contributed by atoms with Crippen molar-refractivity contribution >= 4 is 35.6 Å². The van der Waals surface area contributed by atoms with E-state index in [-0.39, 0.29) is 24.0 Å². The number of benzene rings is 2. The number of hydrogen-bond donors (Lipinski definition) is 2. The monoisotopic (exact) mass is 553 g/mol. The third kappa shape index (κ3) is 7.44. The molecule has 2 aromatic carbocycles. The van der Waals surface area contributed by atoms with Gasteiger partial charge in [0.1, 0.15) is 0 Å². The van der Waals surface area contributed by atoms with E-state index >= 15 is 0 Å². The highest BCUT2D eigenvalue weighted by Crippen LogP contribution is 2.27. The number of aliphatic imine (C=N–C) groups is 1. The summed E-state index contributed by atoms with van der Waals surface area (Å²) in [5.74, 6) is 1.97. The van der Waals surface area contributed by atoms with Crippen molar-refractivity contribution < 1.29 is 9.47 Å². The number of anilines is 1. The molecular formula is C24H36IN5O2. The third-order valence-electron chi connectivity index (χ3n) is 5.75. The molecule has 3 N–H and O–H groups in total. The smallest absolute Gasteiger partial charge is 0.188 e. The topological polar surface area (TPSA) is 75.4 Å². The van der Waals surface area contributed by atoms with Crippen molar-refractivity contribution in [2.75, 3.05) is 58.4 Å². The summed E-state index contributed by atoms with van der Waals surface area (Å²) in [5.41, 5.74) is 8.54. The van der Waals surface area contributed by atoms with Crippen LogP contribution in [0, 0.1) is 0 Å². The fourth-order valence-corrected chi connectivity index (χ4v) is 3.83. The fourth-order valence-electron chi connectivity index (χ4n) is 3.83. The lowest BCUT2D eigenvalue weighted by molar-refractivity contribution is 0.201. The molecule has 7 nitrogen and oxygen atoms in total. The first-order chi connectivity index (χ1) is 15.1. The van der Waals surface area contributed by atoms with Gasteiger partial charge in [-0.15, -0.1) is 24.0 Å². The van der Waals surface area contributed by atoms with Crippen LogP contribution in [0.4, 0.5) is 5.69 Å². The van der Waals surface area contributed by atoms with Crippen LogP contribution in [0.5, 0.6) is 11.5 Å². The van der Waals surface area contributed by atoms with Crippen LogP contribution < -0.4 is 25.4 Å². The summed E-state index contributed by atoms with van der Waals surface area (Å²) in [5, 5.41) is 3.21. The number of piperazine rings is 1. The number of para-hydroxylation sites is 1. The molecule has 1 saturated heterocycles. The Kier molecular flexibility index (Phi) is 10.9. The molecule has 176 valence electrons. The minimum atomic E-state index is 0. The average Bonchev–Trinajstić information content (AvgIpc) is 2.83. The van der Waals surface area contributed by atoms with Gasteiger partial charge >= 0.3 is 0 Å². The Labute approximate surface area is 209 Å². The minimum absolute atomic E-state index is 0. The zero-order valence-corrected chi connectivity index (χ0v) is 21.6. The van der Waals surface area contributed by atoms with Crippen molar-refractivity contribution in [3.63, 3.8) is 0 Å². The molecule has 0 aromatic heterocycles. The standard InChI is InChI=1S/C24H35N5O2.HI/c1-19(28-13-15-29(16-14-28)21-7-5-4-6-8-21)18-27-24(25)26-12-11-20-9-10-22(30-2)23(17-20)31-3;/h4-10,17,19H,11-16,18H2,1-3H3,(H3,25,26,27);1H. The van der Waals surface area contributed by atoms with Gasteiger partial charge in [-0.3, -0.25) is 9.89 Å². The second-order valence-electron chi connectivity index (χ2n) is 7.80. The molecule has 1 aliphatic heterocycles. The molecule has 0 amide bonds. The average molecular weight is 553 g/mol. The van der Waals surface area contributed by atoms with Crippen LogP contribution in [0.15, 0.2) is 53.5 Å². The molecule has 32 heavy (non-hydrogen) atoms. The van der Waals surface area contributed by atoms with Crippen molar-refractivity contribution in [2.45, 2.75) is 19.4 Å². The van der Waals surface area contributed by atoms with Gasteiger partial charge in [0.05, 0.1) is 20.8 Å². The highest BCUT2D eigenvalue weighted by molar-refractivity contribution is 14.0. The van der Waals surface area contributed by atoms with E-state index in [1.165, 1.54) is 5.69 Å². The van der Waals surface area contributed by atoms with E-state index in [1.807, 2.05) is 18.2 Å². The van der Waals surface area contributed by atoms with Crippen molar-refractivity contribution in [1.82, 2.24) is 10.2 Å². The Morgan fingerprint density at radius 1 is 1.03 bits per heavy atom. The predicted molar refractivity (Wildman–Crippen MR) is 143 cm³/mol. The number of ether oxygens (including phenoxy) is 2. The fraction of sp³-hybridized carbons (Fsp3) is 0.458. The molecule has 0 aliphatic carbocycles. The van der Waals surface area contributed by atoms with E-state index in [0.717, 1.165) is 56.2 Å². The third-order valence-corrected chi connectivity index (χ3v) is 5.75. The van der Waals surface area contributed by atoms with Crippen molar-refractivity contribution in [1.29, 1.82) is 0 Å². The molecule has 0 spiro atoms. The van der Waals surface area contributed by atoms with Crippen LogP contribution in [-0.2, 0) is 6.42 Å². The SMILES string of the molecule is COc1ccc(CCNC(N)=NCC(C)N2CCN(c3ccccc3)CC2)cc1OC.I. The maximum absolute atomic E-state index is 6.08. The van der Waals surface area contributed by atoms with E-state index in [4.69, 9.17) is 15.2 Å². The van der Waals surface area contributed by atoms with Gasteiger partial charge in [0.2, 0.25) is 0 Å². The lowest BCUT2D eigenvalue weighted by Crippen LogP contribution is -2.50. The minimum Gasteiger partial charge on any atom is -0.493 e. The molecule has 1 heterocycles. The largest absolute Gasteiger partial charge is 0.493 e. The van der Waals surface area contributed by atoms with Gasteiger partial charge in [-0.25, -0.2) is 0 Å². The summed E-state index contributed by atoms with van der Waals surface area (Å²) >= 11 is 0. The highest BCUT2D eigenvalue weighted by Gasteiger charge is 2.21. The van der Waals surface area contributed by atoms with E-state index < -0.39 is 0 Å². The maximum Gasteiger partial charge on any atom is 0.188 e. The molecule has 1 atom stereocenters. The van der Waals surface area contributed by atoms with Crippen LogP contribution in [0.25, 0.3) is 0 Å². The molecule has 0 radical (unpaired) electrons. The van der Waals surface area contributed by atoms with Crippen molar-refractivity contribution in [3.8, 4) is 11.5 Å². The summed E-state index contributed by atoms with van der Waals surface area (Å²) in [7, 11) is 3.29. The van der Waals surface area contributed by atoms with Crippen molar-refractivity contribution in [3.05, 3.63) is 54.1 Å². The number of hydrogen-bond acceptors (Lipinski definition) is 5. The van der Waals surface area contributed by atoms with Gasteiger partial charge in [0.15, 0.2) is 17.5 Å². The number of nitrogens with two attached hydrogens (primary N) is 1. The number of halogens is 1. The molecule has 3 rings (SSSR count). The van der Waals surface area contributed by atoms with Gasteiger partial charge in [0, 0.05) is 44.5 Å². The summed E-state index contributed by atoms with van der Waals surface area (Å²) in [6, 6.07) is 16.9. The molecule has 1 unspecified atom stereocenters. The number of nitrogens with one attached hydrogen (secondary N) is 1. The molecule has 2 aromatic rings. The van der Waals surface area contributed by atoms with E-state index in [2.05, 4.69) is 57.4 Å². The van der Waals surface area contributed by atoms with Gasteiger partial charge in [0.25, 0.3) is 0 Å². The molecule has 8 heteroatoms. The second kappa shape index (κ2) is 13.4. The second-order valence-corrected chi connectivity index (χ2v) is 7.80. The highest BCUT2D eigenvalue weighted by atomic mass is 127. The van der Waals surface area contributed by atoms with Crippen LogP contribution in [0.1, 0.15) is 12.5 Å². The first-order valence-corrected chi connectivity index (χ1v) is 10.9. The van der Waals surface area contributed by atoms with Crippen molar-refractivity contribution in [2.24, 2.45) is 10.7 Å². The quantitative estimate of drug-likeness (QED) is 0.283. The zero-order valence-electron chi connectivity index (χ0n) is 19.3. The lowest BCUT2D eigenvalue weighted by atomic mass is 10.1. The summed E-state index contributed by atoms with van der Waals surface area (Å²) in [6.45, 7) is 7.79. The normalized spacial score (nSPS) is 15.6. The number of nitrogens with zero attached hydrogens (tertiary/aromatic N) is 3. The molecule has 0 bridgehead atoms. The Morgan fingerprint density at radius 2 is 1.72 bits per heavy atom. The Balaban J connectivity index is 0.00000363. The molecule has 1 aliphatic rings. The number of methoxy groups -OCH3 is 2. The summed E-state index contributed by atoms with van der Waals surface area (Å²) < 4.78 is 10.6. The summed E-state index contributed by atoms with van der Waals surface area (Å²) in [4.78, 5) is 9.48. The Bertz CT molecular complexity index is 842. The van der Waals surface area contributed by atoms with Gasteiger partial charge in [-0.1, -0.05) is 24.3 Å². The van der Waals surface area contributed by atoms with Gasteiger partial charge in [-0.05, 0) is 43.2 Å². The first-order valence-electron chi connectivity index (χ1n) is 10.9. The van der Waals surface area contributed by atoms with E-state index in [1.54, 1.807) is 14.2 Å². The maximum atomic E-state index is 6.08. The Hall–Kier alpha value is -2.20. The van der Waals surface area contributed by atoms with E-state index in [9.17, 15) is 0 Å². The summed E-state index contributed by atoms with van der Waals surface area (Å²) in [6.07, 6.45) is 0.827. The number of guanidine groups is 1. The van der Waals surface area contributed by atoms with Gasteiger partial charge in [-0.2, -0.15) is 0 Å². The number of rotatable bonds is 9. The Morgan fingerprint density at radius 3 is 2.38 bits per heavy atom. The van der Waals surface area contributed by atoms with Crippen LogP contribution in [0.3, 0.4) is 0 Å². The molecule has 1 fully saturated rings. The predicted octanol–water partition coefficient (Wildman–Crippen LogP) is 2.98. The zero-order chi connectivity index (χ0) is 22.1. The lowest BCUT2D eigenvalue weighted by Gasteiger charge is -2.38. The van der Waals surface area contributed by atoms with Crippen LogP contribution in [0.2, 0.25) is 0 Å². The van der Waals surface area contributed by atoms with Crippen LogP contribution >= 0.6 is 24.0 Å². The van der Waals surface area contributed by atoms with Crippen LogP contribution in [-0.4, -0.2) is 70.4 Å². The van der Waals surface area contributed by atoms with E-state index in [0.29, 0.717) is 18.5 Å². The first kappa shape index (κ1) is 26.1.